The highest BCUT2D eigenvalue weighted by molar-refractivity contribution is 6.32. The van der Waals surface area contributed by atoms with Crippen LogP contribution in [-0.2, 0) is 6.54 Å². The second-order valence-corrected chi connectivity index (χ2v) is 5.75. The Kier molecular flexibility index (Phi) is 5.66. The van der Waals surface area contributed by atoms with Crippen molar-refractivity contribution in [3.63, 3.8) is 0 Å². The van der Waals surface area contributed by atoms with E-state index in [0.717, 1.165) is 24.4 Å². The molecule has 1 N–H and O–H groups in total. The van der Waals surface area contributed by atoms with Crippen LogP contribution < -0.4 is 10.1 Å². The van der Waals surface area contributed by atoms with Gasteiger partial charge < -0.3 is 10.1 Å². The topological polar surface area (TPSA) is 21.3 Å². The van der Waals surface area contributed by atoms with E-state index < -0.39 is 0 Å². The predicted molar refractivity (Wildman–Crippen MR) is 89.4 cm³/mol. The van der Waals surface area contributed by atoms with Gasteiger partial charge in [0.15, 0.2) is 0 Å². The molecule has 0 atom stereocenters. The lowest BCUT2D eigenvalue weighted by Crippen LogP contribution is -2.11. The Hall–Kier alpha value is -1.51. The van der Waals surface area contributed by atoms with Gasteiger partial charge in [0.25, 0.3) is 0 Å². The Balaban J connectivity index is 2.20. The van der Waals surface area contributed by atoms with Gasteiger partial charge in [-0.25, -0.2) is 0 Å². The summed E-state index contributed by atoms with van der Waals surface area (Å²) in [6.07, 6.45) is 0. The SMILES string of the molecule is CCNCc1ccc(Oc2ccccc2C(C)C)c(Cl)c1. The summed E-state index contributed by atoms with van der Waals surface area (Å²) in [7, 11) is 0. The van der Waals surface area contributed by atoms with Crippen LogP contribution in [0.25, 0.3) is 0 Å². The first-order valence-corrected chi connectivity index (χ1v) is 7.75. The Morgan fingerprint density at radius 1 is 1.10 bits per heavy atom. The van der Waals surface area contributed by atoms with Crippen LogP contribution >= 0.6 is 11.6 Å². The molecule has 0 amide bonds. The standard InChI is InChI=1S/C18H22ClNO/c1-4-20-12-14-9-10-18(16(19)11-14)21-17-8-6-5-7-15(17)13(2)3/h5-11,13,20H,4,12H2,1-3H3. The molecule has 0 aliphatic carbocycles. The van der Waals surface area contributed by atoms with Crippen molar-refractivity contribution in [2.24, 2.45) is 0 Å². The first-order valence-electron chi connectivity index (χ1n) is 7.37. The van der Waals surface area contributed by atoms with Crippen molar-refractivity contribution in [2.45, 2.75) is 33.2 Å². The van der Waals surface area contributed by atoms with Crippen molar-refractivity contribution >= 4 is 11.6 Å². The fourth-order valence-corrected chi connectivity index (χ4v) is 2.42. The van der Waals surface area contributed by atoms with Crippen molar-refractivity contribution < 1.29 is 4.74 Å². The number of ether oxygens (including phenoxy) is 1. The molecule has 21 heavy (non-hydrogen) atoms. The zero-order valence-electron chi connectivity index (χ0n) is 12.8. The lowest BCUT2D eigenvalue weighted by molar-refractivity contribution is 0.473. The third-order valence-corrected chi connectivity index (χ3v) is 3.63. The lowest BCUT2D eigenvalue weighted by atomic mass is 10.0. The maximum Gasteiger partial charge on any atom is 0.146 e. The molecule has 2 nitrogen and oxygen atoms in total. The van der Waals surface area contributed by atoms with Gasteiger partial charge in [0.05, 0.1) is 5.02 Å². The highest BCUT2D eigenvalue weighted by Crippen LogP contribution is 2.34. The number of nitrogens with one attached hydrogen (secondary N) is 1. The Morgan fingerprint density at radius 3 is 2.52 bits per heavy atom. The van der Waals surface area contributed by atoms with Crippen molar-refractivity contribution in [3.8, 4) is 11.5 Å². The van der Waals surface area contributed by atoms with Gasteiger partial charge in [-0.05, 0) is 41.8 Å². The molecule has 2 aromatic carbocycles. The Bertz CT molecular complexity index is 596. The van der Waals surface area contributed by atoms with Crippen LogP contribution in [0.15, 0.2) is 42.5 Å². The molecule has 112 valence electrons. The molecule has 0 aromatic heterocycles. The Morgan fingerprint density at radius 2 is 1.86 bits per heavy atom. The zero-order chi connectivity index (χ0) is 15.2. The molecule has 0 fully saturated rings. The van der Waals surface area contributed by atoms with E-state index in [2.05, 4.69) is 32.2 Å². The van der Waals surface area contributed by atoms with Gasteiger partial charge in [0.1, 0.15) is 11.5 Å². The van der Waals surface area contributed by atoms with Crippen LogP contribution in [-0.4, -0.2) is 6.54 Å². The van der Waals surface area contributed by atoms with E-state index in [0.29, 0.717) is 16.7 Å². The molecule has 2 rings (SSSR count). The van der Waals surface area contributed by atoms with Crippen LogP contribution in [0, 0.1) is 0 Å². The minimum Gasteiger partial charge on any atom is -0.456 e. The molecule has 3 heteroatoms. The van der Waals surface area contributed by atoms with Crippen molar-refractivity contribution in [2.75, 3.05) is 6.54 Å². The van der Waals surface area contributed by atoms with Gasteiger partial charge in [0.2, 0.25) is 0 Å². The zero-order valence-corrected chi connectivity index (χ0v) is 13.6. The minimum absolute atomic E-state index is 0.410. The van der Waals surface area contributed by atoms with Crippen LogP contribution in [0.4, 0.5) is 0 Å². The lowest BCUT2D eigenvalue weighted by Gasteiger charge is -2.15. The largest absolute Gasteiger partial charge is 0.456 e. The van der Waals surface area contributed by atoms with Gasteiger partial charge in [-0.15, -0.1) is 0 Å². The molecule has 2 aromatic rings. The molecule has 0 aliphatic rings. The predicted octanol–water partition coefficient (Wildman–Crippen LogP) is 5.37. The maximum atomic E-state index is 6.34. The molecule has 0 spiro atoms. The van der Waals surface area contributed by atoms with Gasteiger partial charge in [0, 0.05) is 6.54 Å². The fourth-order valence-electron chi connectivity index (χ4n) is 2.18. The summed E-state index contributed by atoms with van der Waals surface area (Å²) >= 11 is 6.34. The number of hydrogen-bond acceptors (Lipinski definition) is 2. The van der Waals surface area contributed by atoms with E-state index >= 15 is 0 Å². The van der Waals surface area contributed by atoms with Crippen LogP contribution in [0.2, 0.25) is 5.02 Å². The molecular weight excluding hydrogens is 282 g/mol. The van der Waals surface area contributed by atoms with Crippen molar-refractivity contribution in [1.82, 2.24) is 5.32 Å². The number of para-hydroxylation sites is 1. The van der Waals surface area contributed by atoms with Gasteiger partial charge >= 0.3 is 0 Å². The van der Waals surface area contributed by atoms with Crippen LogP contribution in [0.5, 0.6) is 11.5 Å². The van der Waals surface area contributed by atoms with E-state index in [-0.39, 0.29) is 0 Å². The van der Waals surface area contributed by atoms with E-state index in [1.165, 1.54) is 5.56 Å². The third-order valence-electron chi connectivity index (χ3n) is 3.34. The normalized spacial score (nSPS) is 10.9. The quantitative estimate of drug-likeness (QED) is 0.775. The molecule has 0 bridgehead atoms. The average Bonchev–Trinajstić information content (AvgIpc) is 2.48. The molecule has 0 aliphatic heterocycles. The number of benzene rings is 2. The Labute approximate surface area is 132 Å². The highest BCUT2D eigenvalue weighted by atomic mass is 35.5. The van der Waals surface area contributed by atoms with Gasteiger partial charge in [-0.2, -0.15) is 0 Å². The molecule has 0 heterocycles. The third kappa shape index (κ3) is 4.23. The molecular formula is C18H22ClNO. The van der Waals surface area contributed by atoms with Gasteiger partial charge in [-0.3, -0.25) is 0 Å². The van der Waals surface area contributed by atoms with E-state index in [4.69, 9.17) is 16.3 Å². The summed E-state index contributed by atoms with van der Waals surface area (Å²) in [6.45, 7) is 8.16. The van der Waals surface area contributed by atoms with E-state index in [1.807, 2.05) is 36.4 Å². The minimum atomic E-state index is 0.410. The van der Waals surface area contributed by atoms with E-state index in [1.54, 1.807) is 0 Å². The molecule has 0 unspecified atom stereocenters. The smallest absolute Gasteiger partial charge is 0.146 e. The summed E-state index contributed by atoms with van der Waals surface area (Å²) < 4.78 is 6.01. The van der Waals surface area contributed by atoms with Crippen molar-refractivity contribution in [1.29, 1.82) is 0 Å². The molecule has 0 saturated carbocycles. The molecule has 0 saturated heterocycles. The summed E-state index contributed by atoms with van der Waals surface area (Å²) in [4.78, 5) is 0. The number of rotatable bonds is 6. The molecule has 0 radical (unpaired) electrons. The van der Waals surface area contributed by atoms with Crippen LogP contribution in [0.3, 0.4) is 0 Å². The van der Waals surface area contributed by atoms with Gasteiger partial charge in [-0.1, -0.05) is 56.6 Å². The summed E-state index contributed by atoms with van der Waals surface area (Å²) in [5, 5.41) is 3.93. The first-order chi connectivity index (χ1) is 10.1. The summed E-state index contributed by atoms with van der Waals surface area (Å²) in [6, 6.07) is 14.0. The average molecular weight is 304 g/mol. The number of hydrogen-bond donors (Lipinski definition) is 1. The van der Waals surface area contributed by atoms with Crippen LogP contribution in [0.1, 0.15) is 37.8 Å². The monoisotopic (exact) mass is 303 g/mol. The van der Waals surface area contributed by atoms with Crippen molar-refractivity contribution in [3.05, 3.63) is 58.6 Å². The maximum absolute atomic E-state index is 6.34. The first kappa shape index (κ1) is 15.9. The van der Waals surface area contributed by atoms with E-state index in [9.17, 15) is 0 Å². The second-order valence-electron chi connectivity index (χ2n) is 5.34. The number of halogens is 1. The highest BCUT2D eigenvalue weighted by Gasteiger charge is 2.10. The fraction of sp³-hybridized carbons (Fsp3) is 0.333. The summed E-state index contributed by atoms with van der Waals surface area (Å²) in [5.74, 6) is 1.98. The summed E-state index contributed by atoms with van der Waals surface area (Å²) in [5.41, 5.74) is 2.34. The second kappa shape index (κ2) is 7.48.